The normalized spacial score (nSPS) is 23.2. The molecule has 2 saturated heterocycles. The van der Waals surface area contributed by atoms with Crippen LogP contribution in [0.5, 0.6) is 0 Å². The summed E-state index contributed by atoms with van der Waals surface area (Å²) in [5.41, 5.74) is 1.45. The molecule has 0 spiro atoms. The van der Waals surface area contributed by atoms with Gasteiger partial charge in [0.15, 0.2) is 0 Å². The van der Waals surface area contributed by atoms with Crippen molar-refractivity contribution in [2.75, 3.05) is 24.5 Å². The van der Waals surface area contributed by atoms with Gasteiger partial charge in [0.1, 0.15) is 0 Å². The molecule has 2 amide bonds. The molecule has 4 rings (SSSR count). The quantitative estimate of drug-likeness (QED) is 0.836. The minimum absolute atomic E-state index is 0.0756. The summed E-state index contributed by atoms with van der Waals surface area (Å²) in [6, 6.07) is 11.4. The van der Waals surface area contributed by atoms with E-state index in [1.807, 2.05) is 35.2 Å². The Balaban J connectivity index is 1.49. The van der Waals surface area contributed by atoms with Gasteiger partial charge in [0.05, 0.1) is 23.9 Å². The van der Waals surface area contributed by atoms with Crippen LogP contribution in [-0.4, -0.2) is 46.5 Å². The van der Waals surface area contributed by atoms with Crippen LogP contribution in [0.2, 0.25) is 0 Å². The summed E-state index contributed by atoms with van der Waals surface area (Å²) in [7, 11) is 0. The van der Waals surface area contributed by atoms with E-state index in [2.05, 4.69) is 10.2 Å². The number of carbonyl (C=O) groups is 2. The second-order valence-electron chi connectivity index (χ2n) is 5.99. The van der Waals surface area contributed by atoms with E-state index in [0.29, 0.717) is 25.2 Å². The first-order chi connectivity index (χ1) is 11.2. The summed E-state index contributed by atoms with van der Waals surface area (Å²) >= 11 is 0. The van der Waals surface area contributed by atoms with Crippen molar-refractivity contribution in [3.63, 3.8) is 0 Å². The number of carbonyl (C=O) groups excluding carboxylic acids is 2. The van der Waals surface area contributed by atoms with Crippen LogP contribution >= 0.6 is 0 Å². The maximum Gasteiger partial charge on any atom is 0.255 e. The standard InChI is InChI=1S/C17H16N4O2/c22-16(12-6-7-18-19-8-12)20-9-13-10-21(17(23)15(13)11-20)14-4-2-1-3-5-14/h1-8,13,15H,9-11H2. The Hall–Kier alpha value is -2.76. The van der Waals surface area contributed by atoms with Gasteiger partial charge in [-0.1, -0.05) is 18.2 Å². The fourth-order valence-electron chi connectivity index (χ4n) is 3.47. The first kappa shape index (κ1) is 13.9. The molecule has 6 heteroatoms. The number of aromatic nitrogens is 2. The highest BCUT2D eigenvalue weighted by Gasteiger charge is 2.47. The Morgan fingerprint density at radius 1 is 1.04 bits per heavy atom. The van der Waals surface area contributed by atoms with Crippen molar-refractivity contribution in [1.82, 2.24) is 15.1 Å². The fourth-order valence-corrected chi connectivity index (χ4v) is 3.47. The predicted octanol–water partition coefficient (Wildman–Crippen LogP) is 1.21. The van der Waals surface area contributed by atoms with Gasteiger partial charge in [0, 0.05) is 31.2 Å². The van der Waals surface area contributed by atoms with Crippen molar-refractivity contribution < 1.29 is 9.59 Å². The third-order valence-corrected chi connectivity index (χ3v) is 4.63. The van der Waals surface area contributed by atoms with E-state index < -0.39 is 0 Å². The van der Waals surface area contributed by atoms with Gasteiger partial charge in [-0.05, 0) is 18.2 Å². The smallest absolute Gasteiger partial charge is 0.255 e. The van der Waals surface area contributed by atoms with E-state index in [1.165, 1.54) is 12.4 Å². The van der Waals surface area contributed by atoms with Gasteiger partial charge >= 0.3 is 0 Å². The van der Waals surface area contributed by atoms with E-state index in [4.69, 9.17) is 0 Å². The molecule has 116 valence electrons. The molecule has 0 saturated carbocycles. The molecule has 23 heavy (non-hydrogen) atoms. The van der Waals surface area contributed by atoms with Crippen LogP contribution < -0.4 is 4.90 Å². The number of fused-ring (bicyclic) bond motifs is 1. The number of rotatable bonds is 2. The Labute approximate surface area is 133 Å². The van der Waals surface area contributed by atoms with Gasteiger partial charge in [-0.2, -0.15) is 10.2 Å². The molecule has 1 aromatic heterocycles. The van der Waals surface area contributed by atoms with Crippen LogP contribution in [-0.2, 0) is 4.79 Å². The van der Waals surface area contributed by atoms with Crippen LogP contribution in [0.25, 0.3) is 0 Å². The van der Waals surface area contributed by atoms with Crippen LogP contribution in [0.4, 0.5) is 5.69 Å². The monoisotopic (exact) mass is 308 g/mol. The third-order valence-electron chi connectivity index (χ3n) is 4.63. The second-order valence-corrected chi connectivity index (χ2v) is 5.99. The number of hydrogen-bond acceptors (Lipinski definition) is 4. The van der Waals surface area contributed by atoms with E-state index in [1.54, 1.807) is 11.0 Å². The molecular formula is C17H16N4O2. The third kappa shape index (κ3) is 2.36. The summed E-state index contributed by atoms with van der Waals surface area (Å²) in [5, 5.41) is 7.43. The van der Waals surface area contributed by atoms with Crippen LogP contribution in [0, 0.1) is 11.8 Å². The average molecular weight is 308 g/mol. The molecule has 0 bridgehead atoms. The highest BCUT2D eigenvalue weighted by molar-refractivity contribution is 6.00. The Morgan fingerprint density at radius 3 is 2.57 bits per heavy atom. The molecule has 0 radical (unpaired) electrons. The topological polar surface area (TPSA) is 66.4 Å². The van der Waals surface area contributed by atoms with Crippen LogP contribution in [0.1, 0.15) is 10.4 Å². The van der Waals surface area contributed by atoms with Crippen molar-refractivity contribution in [2.24, 2.45) is 11.8 Å². The summed E-state index contributed by atoms with van der Waals surface area (Å²) in [5.74, 6) is 0.133. The molecule has 2 atom stereocenters. The number of para-hydroxylation sites is 1. The lowest BCUT2D eigenvalue weighted by Crippen LogP contribution is -2.35. The second kappa shape index (κ2) is 5.46. The highest BCUT2D eigenvalue weighted by atomic mass is 16.2. The molecule has 0 aliphatic carbocycles. The van der Waals surface area contributed by atoms with Gasteiger partial charge < -0.3 is 9.80 Å². The minimum Gasteiger partial charge on any atom is -0.337 e. The molecule has 2 unspecified atom stereocenters. The van der Waals surface area contributed by atoms with E-state index in [-0.39, 0.29) is 23.7 Å². The molecular weight excluding hydrogens is 292 g/mol. The number of hydrogen-bond donors (Lipinski definition) is 0. The first-order valence-electron chi connectivity index (χ1n) is 7.66. The SMILES string of the molecule is O=C(c1ccnnc1)N1CC2CN(c3ccccc3)C(=O)C2C1. The number of likely N-dealkylation sites (tertiary alicyclic amines) is 1. The van der Waals surface area contributed by atoms with Crippen molar-refractivity contribution >= 4 is 17.5 Å². The predicted molar refractivity (Wildman–Crippen MR) is 83.7 cm³/mol. The minimum atomic E-state index is -0.103. The van der Waals surface area contributed by atoms with E-state index >= 15 is 0 Å². The Bertz CT molecular complexity index is 735. The van der Waals surface area contributed by atoms with Gasteiger partial charge in [-0.25, -0.2) is 0 Å². The zero-order valence-corrected chi connectivity index (χ0v) is 12.5. The maximum atomic E-state index is 12.7. The van der Waals surface area contributed by atoms with Gasteiger partial charge in [0.25, 0.3) is 5.91 Å². The van der Waals surface area contributed by atoms with Gasteiger partial charge in [0.2, 0.25) is 5.91 Å². The molecule has 6 nitrogen and oxygen atoms in total. The lowest BCUT2D eigenvalue weighted by molar-refractivity contribution is -0.120. The number of anilines is 1. The zero-order chi connectivity index (χ0) is 15.8. The molecule has 2 aliphatic heterocycles. The van der Waals surface area contributed by atoms with Crippen molar-refractivity contribution in [1.29, 1.82) is 0 Å². The molecule has 3 heterocycles. The summed E-state index contributed by atoms with van der Waals surface area (Å²) in [4.78, 5) is 28.7. The van der Waals surface area contributed by atoms with E-state index in [9.17, 15) is 9.59 Å². The number of amides is 2. The van der Waals surface area contributed by atoms with Crippen molar-refractivity contribution in [2.45, 2.75) is 0 Å². The Morgan fingerprint density at radius 2 is 1.87 bits per heavy atom. The van der Waals surface area contributed by atoms with E-state index in [0.717, 1.165) is 5.69 Å². The highest BCUT2D eigenvalue weighted by Crippen LogP contribution is 2.35. The molecule has 2 fully saturated rings. The van der Waals surface area contributed by atoms with Crippen LogP contribution in [0.15, 0.2) is 48.8 Å². The molecule has 0 N–H and O–H groups in total. The summed E-state index contributed by atoms with van der Waals surface area (Å²) < 4.78 is 0. The lowest BCUT2D eigenvalue weighted by Gasteiger charge is -2.21. The largest absolute Gasteiger partial charge is 0.337 e. The van der Waals surface area contributed by atoms with Gasteiger partial charge in [-0.3, -0.25) is 9.59 Å². The summed E-state index contributed by atoms with van der Waals surface area (Å²) in [6.07, 6.45) is 2.97. The lowest BCUT2D eigenvalue weighted by atomic mass is 10.0. The van der Waals surface area contributed by atoms with Crippen LogP contribution in [0.3, 0.4) is 0 Å². The number of nitrogens with zero attached hydrogens (tertiary/aromatic N) is 4. The average Bonchev–Trinajstić information content (AvgIpc) is 3.16. The van der Waals surface area contributed by atoms with Crippen molar-refractivity contribution in [3.8, 4) is 0 Å². The number of benzene rings is 1. The Kier molecular flexibility index (Phi) is 3.29. The van der Waals surface area contributed by atoms with Gasteiger partial charge in [-0.15, -0.1) is 0 Å². The van der Waals surface area contributed by atoms with Crippen molar-refractivity contribution in [3.05, 3.63) is 54.4 Å². The summed E-state index contributed by atoms with van der Waals surface area (Å²) in [6.45, 7) is 1.76. The fraction of sp³-hybridized carbons (Fsp3) is 0.294. The molecule has 2 aliphatic rings. The molecule has 2 aromatic rings. The zero-order valence-electron chi connectivity index (χ0n) is 12.5. The first-order valence-corrected chi connectivity index (χ1v) is 7.66. The maximum absolute atomic E-state index is 12.7. The molecule has 1 aromatic carbocycles.